The Morgan fingerprint density at radius 1 is 0.731 bits per heavy atom. The van der Waals surface area contributed by atoms with Crippen molar-refractivity contribution in [1.29, 1.82) is 0 Å². The molecule has 126 valence electrons. The van der Waals surface area contributed by atoms with Crippen LogP contribution in [0.1, 0.15) is 11.4 Å². The highest BCUT2D eigenvalue weighted by molar-refractivity contribution is 5.69. The molecule has 0 aliphatic rings. The minimum Gasteiger partial charge on any atom is -0.338 e. The number of rotatable bonds is 4. The lowest BCUT2D eigenvalue weighted by Gasteiger charge is -2.01. The number of nitrogens with zero attached hydrogens (tertiary/aromatic N) is 3. The molecule has 4 rings (SSSR count). The summed E-state index contributed by atoms with van der Waals surface area (Å²) in [5, 5.41) is 0. The van der Waals surface area contributed by atoms with Crippen LogP contribution in [0.15, 0.2) is 73.2 Å². The predicted molar refractivity (Wildman–Crippen MR) is 100 cm³/mol. The van der Waals surface area contributed by atoms with Gasteiger partial charge in [-0.05, 0) is 18.2 Å². The fraction of sp³-hybridized carbons (Fsp3) is 0. The summed E-state index contributed by atoms with van der Waals surface area (Å²) >= 11 is 0. The van der Waals surface area contributed by atoms with Gasteiger partial charge in [-0.2, -0.15) is 0 Å². The molecule has 0 saturated carbocycles. The average Bonchev–Trinajstić information content (AvgIpc) is 3.17. The van der Waals surface area contributed by atoms with Gasteiger partial charge < -0.3 is 4.98 Å². The zero-order valence-corrected chi connectivity index (χ0v) is 13.8. The summed E-state index contributed by atoms with van der Waals surface area (Å²) in [7, 11) is 0. The molecule has 0 fully saturated rings. The van der Waals surface area contributed by atoms with Crippen molar-refractivity contribution in [2.24, 2.45) is 0 Å². The number of imidazole rings is 1. The van der Waals surface area contributed by atoms with Crippen LogP contribution in [-0.4, -0.2) is 19.9 Å². The van der Waals surface area contributed by atoms with E-state index in [1.807, 2.05) is 30.3 Å². The van der Waals surface area contributed by atoms with E-state index in [1.54, 1.807) is 48.9 Å². The van der Waals surface area contributed by atoms with Gasteiger partial charge in [-0.25, -0.2) is 19.3 Å². The van der Waals surface area contributed by atoms with E-state index in [0.717, 1.165) is 16.8 Å². The molecule has 0 saturated heterocycles. The Kier molecular flexibility index (Phi) is 4.35. The van der Waals surface area contributed by atoms with Gasteiger partial charge in [0.25, 0.3) is 0 Å². The third-order valence-corrected chi connectivity index (χ3v) is 3.92. The number of hydrogen-bond acceptors (Lipinski definition) is 3. The summed E-state index contributed by atoms with van der Waals surface area (Å²) < 4.78 is 13.6. The van der Waals surface area contributed by atoms with E-state index in [-0.39, 0.29) is 5.82 Å². The van der Waals surface area contributed by atoms with Crippen molar-refractivity contribution in [3.8, 4) is 22.6 Å². The highest BCUT2D eigenvalue weighted by Gasteiger charge is 2.05. The summed E-state index contributed by atoms with van der Waals surface area (Å²) in [6.45, 7) is 0. The summed E-state index contributed by atoms with van der Waals surface area (Å²) in [5.74, 6) is 1.05. The number of hydrogen-bond donors (Lipinski definition) is 1. The van der Waals surface area contributed by atoms with E-state index in [9.17, 15) is 4.39 Å². The Balaban J connectivity index is 1.54. The number of H-pyrrole nitrogens is 1. The first-order valence-corrected chi connectivity index (χ1v) is 8.15. The second-order valence-corrected chi connectivity index (χ2v) is 5.70. The Labute approximate surface area is 150 Å². The van der Waals surface area contributed by atoms with Crippen molar-refractivity contribution in [2.45, 2.75) is 0 Å². The van der Waals surface area contributed by atoms with Crippen molar-refractivity contribution >= 4 is 12.2 Å². The average molecular weight is 342 g/mol. The first kappa shape index (κ1) is 15.9. The largest absolute Gasteiger partial charge is 0.338 e. The smallest absolute Gasteiger partial charge is 0.159 e. The van der Waals surface area contributed by atoms with Gasteiger partial charge in [-0.3, -0.25) is 0 Å². The van der Waals surface area contributed by atoms with Gasteiger partial charge in [-0.1, -0.05) is 48.5 Å². The molecule has 0 atom stereocenters. The minimum absolute atomic E-state index is 0.263. The molecular formula is C21H15FN4. The minimum atomic E-state index is -0.263. The molecule has 5 heteroatoms. The molecule has 0 radical (unpaired) electrons. The molecule has 26 heavy (non-hydrogen) atoms. The van der Waals surface area contributed by atoms with Crippen molar-refractivity contribution in [3.05, 3.63) is 90.4 Å². The maximum Gasteiger partial charge on any atom is 0.159 e. The van der Waals surface area contributed by atoms with Crippen LogP contribution in [-0.2, 0) is 0 Å². The van der Waals surface area contributed by atoms with E-state index in [1.165, 1.54) is 6.07 Å². The number of aromatic amines is 1. The molecule has 2 aromatic carbocycles. The maximum atomic E-state index is 13.6. The Morgan fingerprint density at radius 3 is 2.23 bits per heavy atom. The molecule has 2 heterocycles. The molecular weight excluding hydrogens is 327 g/mol. The van der Waals surface area contributed by atoms with Gasteiger partial charge in [0.2, 0.25) is 0 Å². The van der Waals surface area contributed by atoms with Crippen LogP contribution in [0.5, 0.6) is 0 Å². The van der Waals surface area contributed by atoms with Crippen LogP contribution in [0.25, 0.3) is 34.8 Å². The molecule has 0 unspecified atom stereocenters. The van der Waals surface area contributed by atoms with Gasteiger partial charge in [0.1, 0.15) is 11.6 Å². The van der Waals surface area contributed by atoms with E-state index >= 15 is 0 Å². The van der Waals surface area contributed by atoms with Gasteiger partial charge in [-0.15, -0.1) is 0 Å². The molecule has 2 aromatic heterocycles. The molecule has 0 aliphatic heterocycles. The van der Waals surface area contributed by atoms with E-state index in [2.05, 4.69) is 19.9 Å². The van der Waals surface area contributed by atoms with E-state index < -0.39 is 0 Å². The number of aromatic nitrogens is 4. The normalized spacial score (nSPS) is 11.1. The topological polar surface area (TPSA) is 54.5 Å². The summed E-state index contributed by atoms with van der Waals surface area (Å²) in [4.78, 5) is 16.3. The molecule has 4 nitrogen and oxygen atoms in total. The van der Waals surface area contributed by atoms with Crippen LogP contribution in [0.3, 0.4) is 0 Å². The van der Waals surface area contributed by atoms with Crippen molar-refractivity contribution in [2.75, 3.05) is 0 Å². The number of benzene rings is 2. The standard InChI is InChI=1S/C21H15FN4/c22-18-9-5-4-6-15(18)10-11-20-23-14-19(26-20)17-12-24-21(25-13-17)16-7-2-1-3-8-16/h1-14H,(H,23,26)/b11-10+. The molecule has 1 N–H and O–H groups in total. The molecule has 0 bridgehead atoms. The fourth-order valence-electron chi connectivity index (χ4n) is 2.55. The Hall–Kier alpha value is -3.60. The molecule has 4 aromatic rings. The summed E-state index contributed by atoms with van der Waals surface area (Å²) in [6, 6.07) is 16.4. The zero-order chi connectivity index (χ0) is 17.8. The first-order chi connectivity index (χ1) is 12.8. The lowest BCUT2D eigenvalue weighted by molar-refractivity contribution is 0.625. The predicted octanol–water partition coefficient (Wildman–Crippen LogP) is 4.84. The SMILES string of the molecule is Fc1ccccc1/C=C/c1ncc(-c2cnc(-c3ccccc3)nc2)[nH]1. The third-order valence-electron chi connectivity index (χ3n) is 3.92. The van der Waals surface area contributed by atoms with Gasteiger partial charge in [0, 0.05) is 29.1 Å². The zero-order valence-electron chi connectivity index (χ0n) is 13.8. The Morgan fingerprint density at radius 2 is 1.46 bits per heavy atom. The van der Waals surface area contributed by atoms with Crippen LogP contribution < -0.4 is 0 Å². The number of halogens is 1. The third kappa shape index (κ3) is 3.42. The van der Waals surface area contributed by atoms with Crippen molar-refractivity contribution in [3.63, 3.8) is 0 Å². The van der Waals surface area contributed by atoms with Crippen molar-refractivity contribution < 1.29 is 4.39 Å². The maximum absolute atomic E-state index is 13.6. The Bertz CT molecular complexity index is 1040. The van der Waals surface area contributed by atoms with Crippen LogP contribution in [0, 0.1) is 5.82 Å². The van der Waals surface area contributed by atoms with Crippen LogP contribution in [0.4, 0.5) is 4.39 Å². The van der Waals surface area contributed by atoms with Gasteiger partial charge in [0.15, 0.2) is 5.82 Å². The van der Waals surface area contributed by atoms with Crippen LogP contribution in [0.2, 0.25) is 0 Å². The summed E-state index contributed by atoms with van der Waals surface area (Å²) in [6.07, 6.45) is 8.65. The molecule has 0 spiro atoms. The fourth-order valence-corrected chi connectivity index (χ4v) is 2.55. The van der Waals surface area contributed by atoms with Gasteiger partial charge in [0.05, 0.1) is 11.9 Å². The lowest BCUT2D eigenvalue weighted by atomic mass is 10.2. The quantitative estimate of drug-likeness (QED) is 0.577. The highest BCUT2D eigenvalue weighted by atomic mass is 19.1. The number of nitrogens with one attached hydrogen (secondary N) is 1. The molecule has 0 aliphatic carbocycles. The second-order valence-electron chi connectivity index (χ2n) is 5.70. The molecule has 0 amide bonds. The first-order valence-electron chi connectivity index (χ1n) is 8.15. The van der Waals surface area contributed by atoms with Gasteiger partial charge >= 0.3 is 0 Å². The van der Waals surface area contributed by atoms with E-state index in [4.69, 9.17) is 0 Å². The monoisotopic (exact) mass is 342 g/mol. The van der Waals surface area contributed by atoms with Crippen LogP contribution >= 0.6 is 0 Å². The van der Waals surface area contributed by atoms with E-state index in [0.29, 0.717) is 17.2 Å². The lowest BCUT2D eigenvalue weighted by Crippen LogP contribution is -1.89. The second kappa shape index (κ2) is 7.11. The summed E-state index contributed by atoms with van der Waals surface area (Å²) in [5.41, 5.74) is 3.12. The highest BCUT2D eigenvalue weighted by Crippen LogP contribution is 2.19. The van der Waals surface area contributed by atoms with Crippen molar-refractivity contribution in [1.82, 2.24) is 19.9 Å².